The van der Waals surface area contributed by atoms with Crippen LogP contribution in [0.4, 0.5) is 0 Å². The molecule has 1 aliphatic heterocycles. The second-order valence-corrected chi connectivity index (χ2v) is 5.35. The highest BCUT2D eigenvalue weighted by Crippen LogP contribution is 2.17. The molecule has 2 heteroatoms. The Balaban J connectivity index is 0. The minimum atomic E-state index is 0. The normalized spacial score (nSPS) is 17.1. The van der Waals surface area contributed by atoms with Crippen LogP contribution in [0.1, 0.15) is 55.0 Å². The molecule has 1 heterocycles. The quantitative estimate of drug-likeness (QED) is 0.826. The van der Waals surface area contributed by atoms with Crippen molar-refractivity contribution >= 4 is 0 Å². The van der Waals surface area contributed by atoms with E-state index >= 15 is 0 Å². The zero-order valence-electron chi connectivity index (χ0n) is 12.9. The van der Waals surface area contributed by atoms with Crippen molar-refractivity contribution in [3.05, 3.63) is 29.8 Å². The molecule has 0 aliphatic carbocycles. The van der Waals surface area contributed by atoms with E-state index in [1.54, 1.807) is 0 Å². The predicted molar refractivity (Wildman–Crippen MR) is 91.7 cm³/mol. The summed E-state index contributed by atoms with van der Waals surface area (Å²) in [6, 6.07) is 9.05. The molecule has 0 amide bonds. The standard InChI is InChI=1S/C15H23NO.C2H6.CH4.H2/c1-12(2)9-13-5-3-7-15(10-13)17-11-14-6-4-8-16-14;1-2;;/h3,5,7,10,12,14,16H,4,6,8-9,11H2,1-2H3;1-2H3;1H4;1H. The molecule has 1 N–H and O–H groups in total. The lowest BCUT2D eigenvalue weighted by molar-refractivity contribution is 0.277. The lowest BCUT2D eigenvalue weighted by Crippen LogP contribution is -2.28. The SMILES string of the molecule is C.CC.CC(C)Cc1cccc(OCC2CCCN2)c1.[HH]. The molecular weight excluding hydrogens is 246 g/mol. The van der Waals surface area contributed by atoms with Crippen LogP contribution in [0.15, 0.2) is 24.3 Å². The van der Waals surface area contributed by atoms with Gasteiger partial charge in [-0.15, -0.1) is 0 Å². The van der Waals surface area contributed by atoms with E-state index in [1.807, 2.05) is 13.8 Å². The minimum absolute atomic E-state index is 0. The Morgan fingerprint density at radius 2 is 2.10 bits per heavy atom. The first-order valence-electron chi connectivity index (χ1n) is 7.69. The van der Waals surface area contributed by atoms with Gasteiger partial charge in [0.25, 0.3) is 0 Å². The summed E-state index contributed by atoms with van der Waals surface area (Å²) in [7, 11) is 0. The Labute approximate surface area is 127 Å². The van der Waals surface area contributed by atoms with Crippen LogP contribution in [-0.4, -0.2) is 19.2 Å². The van der Waals surface area contributed by atoms with E-state index in [9.17, 15) is 0 Å². The Morgan fingerprint density at radius 3 is 2.70 bits per heavy atom. The molecule has 0 bridgehead atoms. The van der Waals surface area contributed by atoms with Gasteiger partial charge in [-0.2, -0.15) is 0 Å². The van der Waals surface area contributed by atoms with Crippen LogP contribution in [-0.2, 0) is 6.42 Å². The van der Waals surface area contributed by atoms with Crippen molar-refractivity contribution in [3.8, 4) is 5.75 Å². The van der Waals surface area contributed by atoms with Crippen molar-refractivity contribution in [2.75, 3.05) is 13.2 Å². The van der Waals surface area contributed by atoms with Crippen LogP contribution in [0.3, 0.4) is 0 Å². The lowest BCUT2D eigenvalue weighted by atomic mass is 10.0. The van der Waals surface area contributed by atoms with Gasteiger partial charge in [0.1, 0.15) is 12.4 Å². The Morgan fingerprint density at radius 1 is 1.35 bits per heavy atom. The average Bonchev–Trinajstić information content (AvgIpc) is 2.92. The molecule has 1 atom stereocenters. The van der Waals surface area contributed by atoms with Crippen molar-refractivity contribution in [1.82, 2.24) is 5.32 Å². The zero-order chi connectivity index (χ0) is 14.1. The summed E-state index contributed by atoms with van der Waals surface area (Å²) >= 11 is 0. The third kappa shape index (κ3) is 6.95. The van der Waals surface area contributed by atoms with E-state index in [2.05, 4.69) is 43.4 Å². The minimum Gasteiger partial charge on any atom is -0.492 e. The molecular formula is C18H35NO. The number of nitrogens with one attached hydrogen (secondary N) is 1. The molecule has 0 radical (unpaired) electrons. The van der Waals surface area contributed by atoms with E-state index in [-0.39, 0.29) is 8.85 Å². The van der Waals surface area contributed by atoms with Gasteiger partial charge in [0.15, 0.2) is 0 Å². The van der Waals surface area contributed by atoms with Gasteiger partial charge in [-0.1, -0.05) is 47.3 Å². The lowest BCUT2D eigenvalue weighted by Gasteiger charge is -2.13. The van der Waals surface area contributed by atoms with E-state index in [1.165, 1.54) is 18.4 Å². The van der Waals surface area contributed by atoms with Crippen LogP contribution in [0.25, 0.3) is 0 Å². The van der Waals surface area contributed by atoms with Crippen molar-refractivity contribution in [2.24, 2.45) is 5.92 Å². The molecule has 1 aromatic carbocycles. The van der Waals surface area contributed by atoms with Gasteiger partial charge in [-0.25, -0.2) is 0 Å². The van der Waals surface area contributed by atoms with Crippen molar-refractivity contribution in [1.29, 1.82) is 0 Å². The second kappa shape index (κ2) is 10.7. The third-order valence-electron chi connectivity index (χ3n) is 3.16. The van der Waals surface area contributed by atoms with Crippen molar-refractivity contribution in [3.63, 3.8) is 0 Å². The highest BCUT2D eigenvalue weighted by Gasteiger charge is 2.14. The first kappa shape index (κ1) is 19.0. The summed E-state index contributed by atoms with van der Waals surface area (Å²) in [5, 5.41) is 3.45. The predicted octanol–water partition coefficient (Wildman–Crippen LogP) is 4.92. The summed E-state index contributed by atoms with van der Waals surface area (Å²) in [5.41, 5.74) is 1.37. The zero-order valence-corrected chi connectivity index (χ0v) is 12.9. The molecule has 1 aliphatic rings. The second-order valence-electron chi connectivity index (χ2n) is 5.35. The number of hydrogen-bond acceptors (Lipinski definition) is 2. The van der Waals surface area contributed by atoms with E-state index in [4.69, 9.17) is 4.74 Å². The molecule has 2 nitrogen and oxygen atoms in total. The Hall–Kier alpha value is -1.02. The summed E-state index contributed by atoms with van der Waals surface area (Å²) in [6.07, 6.45) is 3.64. The molecule has 1 aromatic rings. The highest BCUT2D eigenvalue weighted by molar-refractivity contribution is 5.28. The molecule has 0 aromatic heterocycles. The molecule has 2 rings (SSSR count). The highest BCUT2D eigenvalue weighted by atomic mass is 16.5. The van der Waals surface area contributed by atoms with Crippen molar-refractivity contribution in [2.45, 2.75) is 60.4 Å². The number of rotatable bonds is 5. The van der Waals surface area contributed by atoms with Gasteiger partial charge in [0, 0.05) is 7.47 Å². The largest absolute Gasteiger partial charge is 0.492 e. The molecule has 0 spiro atoms. The maximum atomic E-state index is 5.85. The number of hydrogen-bond donors (Lipinski definition) is 1. The summed E-state index contributed by atoms with van der Waals surface area (Å²) in [5.74, 6) is 1.71. The number of benzene rings is 1. The molecule has 20 heavy (non-hydrogen) atoms. The van der Waals surface area contributed by atoms with Gasteiger partial charge in [-0.3, -0.25) is 0 Å². The molecule has 1 fully saturated rings. The monoisotopic (exact) mass is 281 g/mol. The van der Waals surface area contributed by atoms with Crippen LogP contribution >= 0.6 is 0 Å². The summed E-state index contributed by atoms with van der Waals surface area (Å²) in [6.45, 7) is 10.4. The summed E-state index contributed by atoms with van der Waals surface area (Å²) in [4.78, 5) is 0. The van der Waals surface area contributed by atoms with E-state index in [0.29, 0.717) is 12.0 Å². The topological polar surface area (TPSA) is 21.3 Å². The van der Waals surface area contributed by atoms with Crippen LogP contribution in [0, 0.1) is 5.92 Å². The molecule has 0 saturated carbocycles. The van der Waals surface area contributed by atoms with Gasteiger partial charge >= 0.3 is 0 Å². The van der Waals surface area contributed by atoms with Gasteiger partial charge < -0.3 is 10.1 Å². The summed E-state index contributed by atoms with van der Waals surface area (Å²) < 4.78 is 5.85. The fourth-order valence-electron chi connectivity index (χ4n) is 2.33. The fraction of sp³-hybridized carbons (Fsp3) is 0.667. The van der Waals surface area contributed by atoms with Crippen LogP contribution in [0.5, 0.6) is 5.75 Å². The number of ether oxygens (including phenoxy) is 1. The Kier molecular flexibility index (Phi) is 10.2. The molecule has 1 unspecified atom stereocenters. The fourth-order valence-corrected chi connectivity index (χ4v) is 2.33. The average molecular weight is 281 g/mol. The first-order valence-corrected chi connectivity index (χ1v) is 7.69. The first-order chi connectivity index (χ1) is 9.24. The van der Waals surface area contributed by atoms with E-state index < -0.39 is 0 Å². The molecule has 118 valence electrons. The Bertz CT molecular complexity index is 349. The molecule has 1 saturated heterocycles. The van der Waals surface area contributed by atoms with E-state index in [0.717, 1.165) is 25.3 Å². The van der Waals surface area contributed by atoms with Crippen LogP contribution < -0.4 is 10.1 Å². The van der Waals surface area contributed by atoms with Gasteiger partial charge in [-0.05, 0) is 49.4 Å². The van der Waals surface area contributed by atoms with Gasteiger partial charge in [0.05, 0.1) is 0 Å². The maximum absolute atomic E-state index is 5.85. The maximum Gasteiger partial charge on any atom is 0.119 e. The van der Waals surface area contributed by atoms with Crippen molar-refractivity contribution < 1.29 is 6.16 Å². The van der Waals surface area contributed by atoms with Gasteiger partial charge in [0.2, 0.25) is 0 Å². The van der Waals surface area contributed by atoms with Crippen LogP contribution in [0.2, 0.25) is 0 Å². The smallest absolute Gasteiger partial charge is 0.119 e. The third-order valence-corrected chi connectivity index (χ3v) is 3.16.